The summed E-state index contributed by atoms with van der Waals surface area (Å²) < 4.78 is 12.2. The van der Waals surface area contributed by atoms with Crippen molar-refractivity contribution in [2.45, 2.75) is 40.0 Å². The van der Waals surface area contributed by atoms with Gasteiger partial charge in [0.05, 0.1) is 0 Å². The van der Waals surface area contributed by atoms with E-state index < -0.39 is 8.38 Å². The molecule has 0 aromatic heterocycles. The summed E-state index contributed by atoms with van der Waals surface area (Å²) in [5, 5.41) is 0. The van der Waals surface area contributed by atoms with Crippen molar-refractivity contribution in [2.75, 3.05) is 6.66 Å². The van der Waals surface area contributed by atoms with Crippen LogP contribution in [-0.2, 0) is 6.42 Å². The summed E-state index contributed by atoms with van der Waals surface area (Å²) in [4.78, 5) is 0. The molecule has 23 heavy (non-hydrogen) atoms. The SMILES string of the molecule is Bc1cc(C)ccc1OP(C)Oc1ccc(C)cc1CCCC. The molecule has 2 nitrogen and oxygen atoms in total. The van der Waals surface area contributed by atoms with Crippen LogP contribution in [0.3, 0.4) is 0 Å². The van der Waals surface area contributed by atoms with Gasteiger partial charge in [0.2, 0.25) is 0 Å². The maximum Gasteiger partial charge on any atom is 0.286 e. The third-order valence-electron chi connectivity index (χ3n) is 3.80. The van der Waals surface area contributed by atoms with Gasteiger partial charge < -0.3 is 9.05 Å². The first-order chi connectivity index (χ1) is 11.0. The van der Waals surface area contributed by atoms with Crippen LogP contribution in [0.5, 0.6) is 11.5 Å². The van der Waals surface area contributed by atoms with E-state index in [-0.39, 0.29) is 0 Å². The van der Waals surface area contributed by atoms with Crippen LogP contribution in [0.4, 0.5) is 0 Å². The Morgan fingerprint density at radius 1 is 0.957 bits per heavy atom. The summed E-state index contributed by atoms with van der Waals surface area (Å²) in [5.74, 6) is 1.87. The fourth-order valence-electron chi connectivity index (χ4n) is 2.56. The van der Waals surface area contributed by atoms with Crippen molar-refractivity contribution in [1.29, 1.82) is 0 Å². The Bertz CT molecular complexity index is 658. The standard InChI is InChI=1S/C19H26BO2P/c1-5-6-7-16-12-14(2)8-10-18(16)21-23(4)22-19-11-9-15(3)13-17(19)20/h8-13H,5-7,20H2,1-4H3. The third kappa shape index (κ3) is 5.29. The molecule has 0 spiro atoms. The summed E-state index contributed by atoms with van der Waals surface area (Å²) in [6.07, 6.45) is 3.42. The van der Waals surface area contributed by atoms with Crippen LogP contribution < -0.4 is 14.5 Å². The van der Waals surface area contributed by atoms with Crippen LogP contribution >= 0.6 is 8.38 Å². The summed E-state index contributed by atoms with van der Waals surface area (Å²) in [5.41, 5.74) is 4.96. The van der Waals surface area contributed by atoms with E-state index in [0.717, 1.165) is 23.4 Å². The molecule has 0 aliphatic rings. The van der Waals surface area contributed by atoms with E-state index in [1.165, 1.54) is 29.5 Å². The van der Waals surface area contributed by atoms with Gasteiger partial charge in [-0.3, -0.25) is 0 Å². The van der Waals surface area contributed by atoms with Gasteiger partial charge in [0.1, 0.15) is 19.3 Å². The molecule has 0 saturated carbocycles. The molecule has 2 aromatic rings. The Morgan fingerprint density at radius 2 is 1.57 bits per heavy atom. The zero-order chi connectivity index (χ0) is 16.8. The Hall–Kier alpha value is -1.47. The number of rotatable bonds is 7. The van der Waals surface area contributed by atoms with E-state index in [0.29, 0.717) is 0 Å². The summed E-state index contributed by atoms with van der Waals surface area (Å²) in [6.45, 7) is 8.44. The Kier molecular flexibility index (Phi) is 6.53. The molecule has 0 N–H and O–H groups in total. The Morgan fingerprint density at radius 3 is 2.22 bits per heavy atom. The zero-order valence-corrected chi connectivity index (χ0v) is 15.7. The second-order valence-corrected chi connectivity index (χ2v) is 7.35. The van der Waals surface area contributed by atoms with Gasteiger partial charge in [0, 0.05) is 6.66 Å². The minimum absolute atomic E-state index is 0.909. The highest BCUT2D eigenvalue weighted by Crippen LogP contribution is 2.38. The van der Waals surface area contributed by atoms with Gasteiger partial charge in [-0.2, -0.15) is 0 Å². The van der Waals surface area contributed by atoms with E-state index in [9.17, 15) is 0 Å². The van der Waals surface area contributed by atoms with Crippen molar-refractivity contribution in [2.24, 2.45) is 0 Å². The highest BCUT2D eigenvalue weighted by molar-refractivity contribution is 7.47. The van der Waals surface area contributed by atoms with E-state index >= 15 is 0 Å². The molecule has 0 aliphatic carbocycles. The second-order valence-electron chi connectivity index (χ2n) is 6.11. The first-order valence-electron chi connectivity index (χ1n) is 8.26. The Labute approximate surface area is 142 Å². The van der Waals surface area contributed by atoms with E-state index in [4.69, 9.17) is 9.05 Å². The van der Waals surface area contributed by atoms with Gasteiger partial charge in [-0.1, -0.05) is 48.7 Å². The van der Waals surface area contributed by atoms with E-state index in [1.807, 2.05) is 12.7 Å². The van der Waals surface area contributed by atoms with E-state index in [1.54, 1.807) is 0 Å². The van der Waals surface area contributed by atoms with Gasteiger partial charge in [-0.15, -0.1) is 0 Å². The van der Waals surface area contributed by atoms with Gasteiger partial charge in [-0.25, -0.2) is 0 Å². The maximum atomic E-state index is 6.13. The third-order valence-corrected chi connectivity index (χ3v) is 4.71. The number of aryl methyl sites for hydroxylation is 3. The molecule has 0 bridgehead atoms. The van der Waals surface area contributed by atoms with Crippen LogP contribution in [0.15, 0.2) is 36.4 Å². The summed E-state index contributed by atoms with van der Waals surface area (Å²) in [6, 6.07) is 12.6. The average molecular weight is 328 g/mol. The minimum atomic E-state index is -1.000. The lowest BCUT2D eigenvalue weighted by Gasteiger charge is -2.19. The molecule has 2 aromatic carbocycles. The second kappa shape index (κ2) is 8.40. The van der Waals surface area contributed by atoms with Gasteiger partial charge in [0.15, 0.2) is 0 Å². The average Bonchev–Trinajstić information content (AvgIpc) is 2.50. The maximum absolute atomic E-state index is 6.13. The van der Waals surface area contributed by atoms with Crippen molar-refractivity contribution >= 4 is 21.7 Å². The predicted octanol–water partition coefficient (Wildman–Crippen LogP) is 4.30. The molecule has 4 heteroatoms. The fourth-order valence-corrected chi connectivity index (χ4v) is 3.53. The van der Waals surface area contributed by atoms with Crippen molar-refractivity contribution in [3.63, 3.8) is 0 Å². The smallest absolute Gasteiger partial charge is 0.286 e. The lowest BCUT2D eigenvalue weighted by Crippen LogP contribution is -2.08. The lowest BCUT2D eigenvalue weighted by molar-refractivity contribution is 0.494. The highest BCUT2D eigenvalue weighted by atomic mass is 31.2. The molecule has 0 aliphatic heterocycles. The molecule has 0 radical (unpaired) electrons. The summed E-state index contributed by atoms with van der Waals surface area (Å²) in [7, 11) is 1.07. The zero-order valence-electron chi connectivity index (χ0n) is 14.8. The van der Waals surface area contributed by atoms with Crippen LogP contribution in [0.25, 0.3) is 0 Å². The van der Waals surface area contributed by atoms with E-state index in [2.05, 4.69) is 58.9 Å². The highest BCUT2D eigenvalue weighted by Gasteiger charge is 2.12. The largest absolute Gasteiger partial charge is 0.439 e. The Balaban J connectivity index is 2.08. The summed E-state index contributed by atoms with van der Waals surface area (Å²) >= 11 is 0. The van der Waals surface area contributed by atoms with Crippen LogP contribution in [0.1, 0.15) is 36.5 Å². The fraction of sp³-hybridized carbons (Fsp3) is 0.368. The predicted molar refractivity (Wildman–Crippen MR) is 103 cm³/mol. The first kappa shape index (κ1) is 17.9. The number of unbranched alkanes of at least 4 members (excludes halogenated alkanes) is 1. The first-order valence-corrected chi connectivity index (χ1v) is 9.88. The topological polar surface area (TPSA) is 18.5 Å². The van der Waals surface area contributed by atoms with Crippen molar-refractivity contribution in [1.82, 2.24) is 0 Å². The molecule has 1 atom stereocenters. The molecular weight excluding hydrogens is 302 g/mol. The molecule has 0 saturated heterocycles. The number of hydrogen-bond acceptors (Lipinski definition) is 2. The van der Waals surface area contributed by atoms with Gasteiger partial charge in [-0.05, 0) is 49.8 Å². The van der Waals surface area contributed by atoms with Crippen LogP contribution in [0, 0.1) is 13.8 Å². The molecular formula is C19H26BO2P. The lowest BCUT2D eigenvalue weighted by atomic mass is 9.93. The van der Waals surface area contributed by atoms with Gasteiger partial charge in [0.25, 0.3) is 8.38 Å². The quantitative estimate of drug-likeness (QED) is 0.557. The molecule has 122 valence electrons. The van der Waals surface area contributed by atoms with Gasteiger partial charge >= 0.3 is 0 Å². The molecule has 0 heterocycles. The van der Waals surface area contributed by atoms with Crippen molar-refractivity contribution in [3.05, 3.63) is 53.1 Å². The number of benzene rings is 2. The molecule has 2 rings (SSSR count). The van der Waals surface area contributed by atoms with Crippen LogP contribution in [0.2, 0.25) is 0 Å². The molecule has 1 unspecified atom stereocenters. The monoisotopic (exact) mass is 328 g/mol. The van der Waals surface area contributed by atoms with Crippen molar-refractivity contribution in [3.8, 4) is 11.5 Å². The normalized spacial score (nSPS) is 12.0. The minimum Gasteiger partial charge on any atom is -0.439 e. The molecule has 0 fully saturated rings. The van der Waals surface area contributed by atoms with Crippen LogP contribution in [-0.4, -0.2) is 14.5 Å². The molecule has 0 amide bonds. The van der Waals surface area contributed by atoms with Crippen molar-refractivity contribution < 1.29 is 9.05 Å². The number of hydrogen-bond donors (Lipinski definition) is 0.